The predicted molar refractivity (Wildman–Crippen MR) is 125 cm³/mol. The Morgan fingerprint density at radius 3 is 2.66 bits per heavy atom. The van der Waals surface area contributed by atoms with Crippen LogP contribution in [0, 0.1) is 5.92 Å². The fourth-order valence-corrected chi connectivity index (χ4v) is 4.56. The fraction of sp³-hybridized carbons (Fsp3) is 0.550. The normalized spacial score (nSPS) is 16.6. The molecule has 1 aliphatic heterocycles. The van der Waals surface area contributed by atoms with Crippen molar-refractivity contribution in [1.29, 1.82) is 0 Å². The van der Waals surface area contributed by atoms with Crippen molar-refractivity contribution < 1.29 is 31.1 Å². The number of halogens is 3. The Morgan fingerprint density at radius 1 is 1.31 bits per heavy atom. The van der Waals surface area contributed by atoms with Gasteiger partial charge < -0.3 is 9.64 Å². The van der Waals surface area contributed by atoms with Crippen LogP contribution in [0.2, 0.25) is 0 Å². The van der Waals surface area contributed by atoms with Crippen LogP contribution >= 0.6 is 11.3 Å². The standard InChI is InChI=1S/C20H25F3N6O4S2/c1-5-29-12(4)6-7-13-8-14(15(9-16(13)29)28-35(31,32)20(21,22)23)24-26-19-27-25-17(34-19)18(30)33-10-11(2)3/h8-9,11-12,28H,5-7,10H2,1-4H3. The van der Waals surface area contributed by atoms with E-state index in [-0.39, 0.29) is 40.1 Å². The first-order chi connectivity index (χ1) is 16.3. The number of hydrogen-bond donors (Lipinski definition) is 1. The number of nitrogens with zero attached hydrogens (tertiary/aromatic N) is 5. The first kappa shape index (κ1) is 26.8. The number of hydrogen-bond acceptors (Lipinski definition) is 10. The topological polar surface area (TPSA) is 126 Å². The summed E-state index contributed by atoms with van der Waals surface area (Å²) >= 11 is 0.784. The molecule has 0 amide bonds. The van der Waals surface area contributed by atoms with E-state index in [1.165, 1.54) is 12.1 Å². The summed E-state index contributed by atoms with van der Waals surface area (Å²) in [5.74, 6) is -0.556. The highest BCUT2D eigenvalue weighted by Gasteiger charge is 2.46. The van der Waals surface area contributed by atoms with E-state index in [1.54, 1.807) is 4.72 Å². The van der Waals surface area contributed by atoms with Gasteiger partial charge in [-0.15, -0.1) is 20.4 Å². The van der Waals surface area contributed by atoms with Gasteiger partial charge >= 0.3 is 21.5 Å². The zero-order valence-electron chi connectivity index (χ0n) is 19.5. The van der Waals surface area contributed by atoms with Crippen LogP contribution in [-0.4, -0.2) is 49.3 Å². The monoisotopic (exact) mass is 534 g/mol. The summed E-state index contributed by atoms with van der Waals surface area (Å²) in [5.41, 5.74) is -4.60. The van der Waals surface area contributed by atoms with Gasteiger partial charge in [0.2, 0.25) is 5.01 Å². The average molecular weight is 535 g/mol. The third kappa shape index (κ3) is 6.25. The van der Waals surface area contributed by atoms with E-state index < -0.39 is 21.5 Å². The third-order valence-corrected chi connectivity index (χ3v) is 7.03. The maximum Gasteiger partial charge on any atom is 0.516 e. The van der Waals surface area contributed by atoms with Crippen LogP contribution in [0.1, 0.15) is 49.5 Å². The Morgan fingerprint density at radius 2 is 2.03 bits per heavy atom. The summed E-state index contributed by atoms with van der Waals surface area (Å²) in [7, 11) is -5.70. The van der Waals surface area contributed by atoms with Gasteiger partial charge in [-0.3, -0.25) is 4.72 Å². The Hall–Kier alpha value is -2.81. The molecule has 0 aliphatic carbocycles. The van der Waals surface area contributed by atoms with Crippen molar-refractivity contribution in [3.8, 4) is 0 Å². The third-order valence-electron chi connectivity index (χ3n) is 5.14. The molecule has 1 N–H and O–H groups in total. The fourth-order valence-electron chi connectivity index (χ4n) is 3.43. The van der Waals surface area contributed by atoms with Crippen LogP contribution in [-0.2, 0) is 21.2 Å². The minimum atomic E-state index is -5.70. The highest BCUT2D eigenvalue weighted by Crippen LogP contribution is 2.40. The van der Waals surface area contributed by atoms with E-state index in [0.29, 0.717) is 18.7 Å². The number of rotatable bonds is 8. The first-order valence-corrected chi connectivity index (χ1v) is 13.1. The Kier molecular flexibility index (Phi) is 7.99. The van der Waals surface area contributed by atoms with Gasteiger partial charge in [-0.2, -0.15) is 21.6 Å². The molecule has 2 heterocycles. The minimum Gasteiger partial charge on any atom is -0.460 e. The largest absolute Gasteiger partial charge is 0.516 e. The first-order valence-electron chi connectivity index (χ1n) is 10.8. The number of benzene rings is 1. The van der Waals surface area contributed by atoms with Gasteiger partial charge in [-0.25, -0.2) is 4.79 Å². The molecule has 0 radical (unpaired) electrons. The molecule has 1 aromatic heterocycles. The Bertz CT molecular complexity index is 1210. The van der Waals surface area contributed by atoms with Gasteiger partial charge in [-0.1, -0.05) is 25.2 Å². The lowest BCUT2D eigenvalue weighted by molar-refractivity contribution is -0.0429. The van der Waals surface area contributed by atoms with Gasteiger partial charge in [0.25, 0.3) is 5.13 Å². The molecule has 192 valence electrons. The molecule has 35 heavy (non-hydrogen) atoms. The number of carbonyl (C=O) groups excluding carboxylic acids is 1. The number of ether oxygens (including phenoxy) is 1. The van der Waals surface area contributed by atoms with Crippen molar-refractivity contribution in [2.45, 2.75) is 52.1 Å². The molecule has 15 heteroatoms. The summed E-state index contributed by atoms with van der Waals surface area (Å²) in [4.78, 5) is 14.0. The van der Waals surface area contributed by atoms with E-state index in [2.05, 4.69) is 20.4 Å². The zero-order chi connectivity index (χ0) is 26.0. The van der Waals surface area contributed by atoms with Crippen molar-refractivity contribution in [2.75, 3.05) is 22.8 Å². The number of aromatic nitrogens is 2. The number of alkyl halides is 3. The van der Waals surface area contributed by atoms with Crippen molar-refractivity contribution in [3.63, 3.8) is 0 Å². The number of carbonyl (C=O) groups is 1. The molecule has 1 aliphatic rings. The second kappa shape index (κ2) is 10.4. The van der Waals surface area contributed by atoms with Crippen LogP contribution < -0.4 is 9.62 Å². The van der Waals surface area contributed by atoms with Crippen molar-refractivity contribution in [2.24, 2.45) is 16.1 Å². The highest BCUT2D eigenvalue weighted by molar-refractivity contribution is 7.93. The summed E-state index contributed by atoms with van der Waals surface area (Å²) in [6.45, 7) is 8.41. The molecule has 10 nitrogen and oxygen atoms in total. The molecular formula is C20H25F3N6O4S2. The quantitative estimate of drug-likeness (QED) is 0.365. The molecule has 0 saturated carbocycles. The lowest BCUT2D eigenvalue weighted by atomic mass is 9.95. The number of azo groups is 1. The molecule has 1 aromatic carbocycles. The number of nitrogens with one attached hydrogen (secondary N) is 1. The van der Waals surface area contributed by atoms with Crippen LogP contribution in [0.15, 0.2) is 22.4 Å². The van der Waals surface area contributed by atoms with Gasteiger partial charge in [0.1, 0.15) is 5.69 Å². The molecule has 0 bridgehead atoms. The summed E-state index contributed by atoms with van der Waals surface area (Å²) in [6, 6.07) is 2.96. The lowest BCUT2D eigenvalue weighted by Crippen LogP contribution is -2.37. The Labute approximate surface area is 204 Å². The van der Waals surface area contributed by atoms with E-state index in [4.69, 9.17) is 4.74 Å². The predicted octanol–water partition coefficient (Wildman–Crippen LogP) is 5.19. The second-order valence-corrected chi connectivity index (χ2v) is 10.9. The maximum atomic E-state index is 13.1. The number of fused-ring (bicyclic) bond motifs is 1. The van der Waals surface area contributed by atoms with E-state index in [0.717, 1.165) is 23.3 Å². The molecule has 2 aromatic rings. The van der Waals surface area contributed by atoms with Crippen LogP contribution in [0.25, 0.3) is 0 Å². The van der Waals surface area contributed by atoms with Gasteiger partial charge in [0.15, 0.2) is 0 Å². The molecule has 1 atom stereocenters. The van der Waals surface area contributed by atoms with Crippen molar-refractivity contribution in [3.05, 3.63) is 22.7 Å². The number of sulfonamides is 1. The van der Waals surface area contributed by atoms with Gasteiger partial charge in [0.05, 0.1) is 12.3 Å². The second-order valence-electron chi connectivity index (χ2n) is 8.31. The summed E-state index contributed by atoms with van der Waals surface area (Å²) < 4.78 is 69.5. The van der Waals surface area contributed by atoms with Gasteiger partial charge in [0, 0.05) is 18.3 Å². The lowest BCUT2D eigenvalue weighted by Gasteiger charge is -2.36. The van der Waals surface area contributed by atoms with Crippen LogP contribution in [0.4, 0.5) is 35.4 Å². The molecule has 0 saturated heterocycles. The van der Waals surface area contributed by atoms with Crippen molar-refractivity contribution in [1.82, 2.24) is 10.2 Å². The number of aryl methyl sites for hydroxylation is 1. The molecule has 0 spiro atoms. The highest BCUT2D eigenvalue weighted by atomic mass is 32.2. The number of anilines is 2. The Balaban J connectivity index is 1.96. The molecule has 3 rings (SSSR count). The number of esters is 1. The van der Waals surface area contributed by atoms with Gasteiger partial charge in [-0.05, 0) is 50.3 Å². The molecule has 0 fully saturated rings. The average Bonchev–Trinajstić information content (AvgIpc) is 3.24. The van der Waals surface area contributed by atoms with Crippen LogP contribution in [0.5, 0.6) is 0 Å². The smallest absolute Gasteiger partial charge is 0.460 e. The van der Waals surface area contributed by atoms with Crippen molar-refractivity contribution >= 4 is 49.5 Å². The summed E-state index contributed by atoms with van der Waals surface area (Å²) in [6.07, 6.45) is 1.44. The zero-order valence-corrected chi connectivity index (χ0v) is 21.1. The summed E-state index contributed by atoms with van der Waals surface area (Å²) in [5, 5.41) is 15.1. The van der Waals surface area contributed by atoms with E-state index >= 15 is 0 Å². The van der Waals surface area contributed by atoms with Crippen LogP contribution in [0.3, 0.4) is 0 Å². The maximum absolute atomic E-state index is 13.1. The molecular weight excluding hydrogens is 509 g/mol. The van der Waals surface area contributed by atoms with E-state index in [1.807, 2.05) is 32.6 Å². The van der Waals surface area contributed by atoms with E-state index in [9.17, 15) is 26.4 Å². The minimum absolute atomic E-state index is 0.0485. The SMILES string of the molecule is CCN1c2cc(NS(=O)(=O)C(F)(F)F)c(N=Nc3nnc(C(=O)OCC(C)C)s3)cc2CCC1C. The molecule has 1 unspecified atom stereocenters.